The summed E-state index contributed by atoms with van der Waals surface area (Å²) in [5.74, 6) is 1.31. The number of nitrogens with one attached hydrogen (secondary N) is 1. The van der Waals surface area contributed by atoms with Gasteiger partial charge in [0.15, 0.2) is 0 Å². The molecular weight excluding hydrogens is 378 g/mol. The van der Waals surface area contributed by atoms with Crippen molar-refractivity contribution < 1.29 is 9.90 Å². The number of aryl methyl sites for hydroxylation is 1. The van der Waals surface area contributed by atoms with Gasteiger partial charge in [0.05, 0.1) is 40.8 Å². The molecule has 0 unspecified atom stereocenters. The first-order valence-electron chi connectivity index (χ1n) is 11.0. The van der Waals surface area contributed by atoms with Crippen molar-refractivity contribution in [3.63, 3.8) is 0 Å². The van der Waals surface area contributed by atoms with Crippen LogP contribution in [0.1, 0.15) is 59.4 Å². The fourth-order valence-electron chi connectivity index (χ4n) is 5.64. The first-order chi connectivity index (χ1) is 14.6. The number of para-hydroxylation sites is 2. The van der Waals surface area contributed by atoms with E-state index in [1.807, 2.05) is 36.4 Å². The van der Waals surface area contributed by atoms with E-state index in [2.05, 4.69) is 25.8 Å². The number of hydrogen-bond donors (Lipinski definition) is 2. The maximum atomic E-state index is 13.4. The normalized spacial score (nSPS) is 28.8. The van der Waals surface area contributed by atoms with Crippen LogP contribution >= 0.6 is 0 Å². The Balaban J connectivity index is 1.24. The molecule has 156 valence electrons. The van der Waals surface area contributed by atoms with Crippen molar-refractivity contribution in [1.29, 1.82) is 0 Å². The van der Waals surface area contributed by atoms with Crippen LogP contribution < -0.4 is 0 Å². The van der Waals surface area contributed by atoms with E-state index in [-0.39, 0.29) is 11.9 Å². The van der Waals surface area contributed by atoms with Gasteiger partial charge >= 0.3 is 0 Å². The number of aromatic nitrogens is 4. The van der Waals surface area contributed by atoms with Crippen LogP contribution in [0.4, 0.5) is 0 Å². The largest absolute Gasteiger partial charge is 0.391 e. The molecule has 1 aromatic carbocycles. The maximum absolute atomic E-state index is 13.4. The zero-order chi connectivity index (χ0) is 20.4. The Morgan fingerprint density at radius 3 is 2.73 bits per heavy atom. The van der Waals surface area contributed by atoms with E-state index in [4.69, 9.17) is 0 Å². The molecule has 0 radical (unpaired) electrons. The second-order valence-electron chi connectivity index (χ2n) is 9.36. The summed E-state index contributed by atoms with van der Waals surface area (Å²) in [5, 5.41) is 18.4. The van der Waals surface area contributed by atoms with Crippen molar-refractivity contribution in [1.82, 2.24) is 24.6 Å². The molecule has 7 nitrogen and oxygen atoms in total. The number of carbonyl (C=O) groups excluding carboxylic acids is 1. The molecule has 3 aliphatic rings. The number of carbonyl (C=O) groups is 1. The Morgan fingerprint density at radius 2 is 1.93 bits per heavy atom. The topological polar surface area (TPSA) is 87.0 Å². The highest BCUT2D eigenvalue weighted by molar-refractivity contribution is 5.97. The highest BCUT2D eigenvalue weighted by Crippen LogP contribution is 2.44. The van der Waals surface area contributed by atoms with Gasteiger partial charge in [-0.15, -0.1) is 0 Å². The minimum atomic E-state index is -0.420. The molecule has 2 aliphatic carbocycles. The zero-order valence-corrected chi connectivity index (χ0v) is 17.2. The van der Waals surface area contributed by atoms with Crippen molar-refractivity contribution >= 4 is 16.9 Å². The second-order valence-corrected chi connectivity index (χ2v) is 9.36. The monoisotopic (exact) mass is 405 g/mol. The molecule has 30 heavy (non-hydrogen) atoms. The van der Waals surface area contributed by atoms with Crippen molar-refractivity contribution in [3.05, 3.63) is 47.5 Å². The molecule has 2 aromatic heterocycles. The first-order valence-corrected chi connectivity index (χ1v) is 11.0. The van der Waals surface area contributed by atoms with Crippen LogP contribution in [-0.2, 0) is 0 Å². The molecule has 3 aromatic rings. The van der Waals surface area contributed by atoms with E-state index >= 15 is 0 Å². The van der Waals surface area contributed by atoms with Gasteiger partial charge in [-0.2, -0.15) is 5.10 Å². The van der Waals surface area contributed by atoms with E-state index in [0.29, 0.717) is 17.8 Å². The third-order valence-corrected chi connectivity index (χ3v) is 7.39. The lowest BCUT2D eigenvalue weighted by Gasteiger charge is -2.36. The van der Waals surface area contributed by atoms with E-state index in [0.717, 1.165) is 66.8 Å². The molecule has 7 heteroatoms. The number of hydrogen-bond acceptors (Lipinski definition) is 4. The Kier molecular flexibility index (Phi) is 4.03. The standard InChI is InChI=1S/C23H27N5O2/c1-13-21(22(26-25-13)14-6-7-14)23(30)27-10-15-8-19(20(29)9-16(15)11-27)28-12-24-17-4-2-3-5-18(17)28/h2-5,12,14-16,19-20,29H,6-11H2,1H3,(H,25,26)/t15-,16+,19-,20-/m1/s1. The SMILES string of the molecule is Cc1[nH]nc(C2CC2)c1C(=O)N1C[C@H]2C[C@@H](n3cnc4ccccc43)[C@H](O)C[C@H]2C1. The number of rotatable bonds is 3. The molecule has 0 bridgehead atoms. The third kappa shape index (κ3) is 2.79. The van der Waals surface area contributed by atoms with E-state index in [9.17, 15) is 9.90 Å². The Labute approximate surface area is 175 Å². The number of likely N-dealkylation sites (tertiary alicyclic amines) is 1. The lowest BCUT2D eigenvalue weighted by atomic mass is 9.77. The average molecular weight is 406 g/mol. The van der Waals surface area contributed by atoms with Gasteiger partial charge in [0.25, 0.3) is 5.91 Å². The van der Waals surface area contributed by atoms with Crippen molar-refractivity contribution in [2.75, 3.05) is 13.1 Å². The maximum Gasteiger partial charge on any atom is 0.257 e. The first kappa shape index (κ1) is 18.1. The molecule has 0 spiro atoms. The number of fused-ring (bicyclic) bond motifs is 2. The van der Waals surface area contributed by atoms with Crippen molar-refractivity contribution in [3.8, 4) is 0 Å². The molecule has 3 fully saturated rings. The van der Waals surface area contributed by atoms with Crippen molar-refractivity contribution in [2.24, 2.45) is 11.8 Å². The Bertz CT molecular complexity index is 1110. The van der Waals surface area contributed by atoms with Crippen molar-refractivity contribution in [2.45, 2.75) is 50.7 Å². The summed E-state index contributed by atoms with van der Waals surface area (Å²) >= 11 is 0. The van der Waals surface area contributed by atoms with Crippen LogP contribution in [0.25, 0.3) is 11.0 Å². The third-order valence-electron chi connectivity index (χ3n) is 7.39. The predicted octanol–water partition coefficient (Wildman–Crippen LogP) is 3.03. The van der Waals surface area contributed by atoms with Crippen LogP contribution in [0.3, 0.4) is 0 Å². The van der Waals surface area contributed by atoms with Crippen LogP contribution in [-0.4, -0.2) is 54.9 Å². The zero-order valence-electron chi connectivity index (χ0n) is 17.2. The molecule has 2 saturated carbocycles. The number of nitrogens with zero attached hydrogens (tertiary/aromatic N) is 4. The average Bonchev–Trinajstić information content (AvgIpc) is 3.18. The van der Waals surface area contributed by atoms with Gasteiger partial charge in [0, 0.05) is 24.7 Å². The number of imidazole rings is 1. The van der Waals surface area contributed by atoms with E-state index in [1.165, 1.54) is 0 Å². The van der Waals surface area contributed by atoms with Crippen LogP contribution in [0, 0.1) is 18.8 Å². The smallest absolute Gasteiger partial charge is 0.257 e. The lowest BCUT2D eigenvalue weighted by molar-refractivity contribution is 0.0374. The summed E-state index contributed by atoms with van der Waals surface area (Å²) in [7, 11) is 0. The molecular formula is C23H27N5O2. The number of aliphatic hydroxyl groups is 1. The molecule has 1 amide bonds. The summed E-state index contributed by atoms with van der Waals surface area (Å²) in [6.45, 7) is 3.43. The van der Waals surface area contributed by atoms with Gasteiger partial charge in [0.2, 0.25) is 0 Å². The van der Waals surface area contributed by atoms with Gasteiger partial charge in [-0.05, 0) is 56.6 Å². The summed E-state index contributed by atoms with van der Waals surface area (Å²) in [6.07, 6.45) is 5.29. The van der Waals surface area contributed by atoms with E-state index < -0.39 is 6.10 Å². The predicted molar refractivity (Wildman–Crippen MR) is 112 cm³/mol. The Hall–Kier alpha value is -2.67. The van der Waals surface area contributed by atoms with Crippen LogP contribution in [0.2, 0.25) is 0 Å². The number of amides is 1. The highest BCUT2D eigenvalue weighted by Gasteiger charge is 2.45. The van der Waals surface area contributed by atoms with Gasteiger partial charge in [-0.3, -0.25) is 9.89 Å². The molecule has 1 saturated heterocycles. The fourth-order valence-corrected chi connectivity index (χ4v) is 5.64. The summed E-state index contributed by atoms with van der Waals surface area (Å²) in [6, 6.07) is 8.07. The number of aliphatic hydroxyl groups excluding tert-OH is 1. The minimum Gasteiger partial charge on any atom is -0.391 e. The molecule has 4 atom stereocenters. The lowest BCUT2D eigenvalue weighted by Crippen LogP contribution is -2.36. The van der Waals surface area contributed by atoms with E-state index in [1.54, 1.807) is 0 Å². The van der Waals surface area contributed by atoms with Crippen LogP contribution in [0.15, 0.2) is 30.6 Å². The molecule has 6 rings (SSSR count). The fraction of sp³-hybridized carbons (Fsp3) is 0.522. The summed E-state index contributed by atoms with van der Waals surface area (Å²) < 4.78 is 2.13. The number of H-pyrrole nitrogens is 1. The molecule has 2 N–H and O–H groups in total. The quantitative estimate of drug-likeness (QED) is 0.701. The molecule has 3 heterocycles. The highest BCUT2D eigenvalue weighted by atomic mass is 16.3. The molecule has 1 aliphatic heterocycles. The minimum absolute atomic E-state index is 0.00592. The summed E-state index contributed by atoms with van der Waals surface area (Å²) in [5.41, 5.74) is 4.63. The number of benzene rings is 1. The van der Waals surface area contributed by atoms with Gasteiger partial charge < -0.3 is 14.6 Å². The van der Waals surface area contributed by atoms with Gasteiger partial charge in [-0.25, -0.2) is 4.98 Å². The number of aromatic amines is 1. The Morgan fingerprint density at radius 1 is 1.17 bits per heavy atom. The summed E-state index contributed by atoms with van der Waals surface area (Å²) in [4.78, 5) is 19.9. The second kappa shape index (κ2) is 6.67. The van der Waals surface area contributed by atoms with Gasteiger partial charge in [-0.1, -0.05) is 12.1 Å². The van der Waals surface area contributed by atoms with Gasteiger partial charge in [0.1, 0.15) is 0 Å². The van der Waals surface area contributed by atoms with Crippen LogP contribution in [0.5, 0.6) is 0 Å².